The quantitative estimate of drug-likeness (QED) is 0.803. The lowest BCUT2D eigenvalue weighted by molar-refractivity contribution is -0.137. The number of aliphatic hydroxyl groups excluding tert-OH is 2. The molecule has 0 radical (unpaired) electrons. The number of carbonyl (C=O) groups is 1. The van der Waals surface area contributed by atoms with E-state index in [4.69, 9.17) is 5.11 Å². The summed E-state index contributed by atoms with van der Waals surface area (Å²) in [7, 11) is 1.84. The molecule has 2 rings (SSSR count). The molecule has 0 unspecified atom stereocenters. The van der Waals surface area contributed by atoms with Crippen LogP contribution >= 0.6 is 0 Å². The third-order valence-electron chi connectivity index (χ3n) is 4.56. The van der Waals surface area contributed by atoms with Crippen molar-refractivity contribution >= 4 is 5.91 Å². The van der Waals surface area contributed by atoms with Crippen molar-refractivity contribution in [3.05, 3.63) is 35.4 Å². The Morgan fingerprint density at radius 2 is 1.96 bits per heavy atom. The van der Waals surface area contributed by atoms with Gasteiger partial charge < -0.3 is 20.0 Å². The van der Waals surface area contributed by atoms with Gasteiger partial charge in [0.15, 0.2) is 0 Å². The van der Waals surface area contributed by atoms with Crippen LogP contribution in [0.4, 0.5) is 13.2 Å². The van der Waals surface area contributed by atoms with Crippen molar-refractivity contribution in [3.63, 3.8) is 0 Å². The van der Waals surface area contributed by atoms with E-state index in [-0.39, 0.29) is 30.6 Å². The molecular weight excluding hydrogens is 337 g/mol. The molecule has 2 N–H and O–H groups in total. The Balaban J connectivity index is 2.10. The van der Waals surface area contributed by atoms with Gasteiger partial charge in [0.1, 0.15) is 0 Å². The first kappa shape index (κ1) is 19.7. The third-order valence-corrected chi connectivity index (χ3v) is 4.56. The zero-order chi connectivity index (χ0) is 18.6. The maximum Gasteiger partial charge on any atom is 0.416 e. The number of likely N-dealkylation sites (tertiary alicyclic amines) is 1. The number of likely N-dealkylation sites (N-methyl/N-ethyl adjacent to an activating group) is 1. The number of aliphatic hydroxyl groups is 2. The van der Waals surface area contributed by atoms with Crippen LogP contribution < -0.4 is 0 Å². The molecule has 0 saturated carbocycles. The van der Waals surface area contributed by atoms with Crippen molar-refractivity contribution in [1.29, 1.82) is 0 Å². The second kappa shape index (κ2) is 8.16. The van der Waals surface area contributed by atoms with Gasteiger partial charge in [0.25, 0.3) is 5.91 Å². The monoisotopic (exact) mass is 360 g/mol. The molecule has 1 fully saturated rings. The van der Waals surface area contributed by atoms with Gasteiger partial charge in [0, 0.05) is 44.3 Å². The highest BCUT2D eigenvalue weighted by atomic mass is 19.4. The molecule has 1 aliphatic heterocycles. The van der Waals surface area contributed by atoms with Gasteiger partial charge in [-0.1, -0.05) is 6.07 Å². The molecular formula is C17H23F3N2O3. The first-order valence-corrected chi connectivity index (χ1v) is 8.13. The van der Waals surface area contributed by atoms with Gasteiger partial charge >= 0.3 is 6.18 Å². The van der Waals surface area contributed by atoms with Crippen molar-refractivity contribution in [2.75, 3.05) is 46.4 Å². The Morgan fingerprint density at radius 1 is 1.28 bits per heavy atom. The van der Waals surface area contributed by atoms with Crippen molar-refractivity contribution in [1.82, 2.24) is 9.80 Å². The lowest BCUT2D eigenvalue weighted by Gasteiger charge is -2.23. The summed E-state index contributed by atoms with van der Waals surface area (Å²) in [6.45, 7) is 1.68. The minimum atomic E-state index is -4.50. The molecule has 25 heavy (non-hydrogen) atoms. The minimum Gasteiger partial charge on any atom is -0.396 e. The molecule has 0 aromatic heterocycles. The van der Waals surface area contributed by atoms with E-state index in [1.165, 1.54) is 17.0 Å². The summed E-state index contributed by atoms with van der Waals surface area (Å²) >= 11 is 0. The van der Waals surface area contributed by atoms with Crippen LogP contribution in [0.2, 0.25) is 0 Å². The SMILES string of the molecule is CN(CCO)C[C@@H]1CN(C(=O)c2cccc(C(F)(F)F)c2)C[C@@H]1CO. The van der Waals surface area contributed by atoms with E-state index in [9.17, 15) is 23.1 Å². The van der Waals surface area contributed by atoms with E-state index in [0.29, 0.717) is 26.2 Å². The number of nitrogens with zero attached hydrogens (tertiary/aromatic N) is 2. The average Bonchev–Trinajstić information content (AvgIpc) is 2.96. The standard InChI is InChI=1S/C17H23F3N2O3/c1-21(5-6-23)8-13-9-22(10-14(13)11-24)16(25)12-3-2-4-15(7-12)17(18,19)20/h2-4,7,13-14,23-24H,5-6,8-11H2,1H3/t13-,14-/m1/s1. The van der Waals surface area contributed by atoms with Gasteiger partial charge in [-0.2, -0.15) is 13.2 Å². The number of hydrogen-bond acceptors (Lipinski definition) is 4. The van der Waals surface area contributed by atoms with Crippen LogP contribution in [0.15, 0.2) is 24.3 Å². The van der Waals surface area contributed by atoms with Gasteiger partial charge in [-0.15, -0.1) is 0 Å². The topological polar surface area (TPSA) is 64.0 Å². The van der Waals surface area contributed by atoms with Crippen LogP contribution in [0, 0.1) is 11.8 Å². The Bertz CT molecular complexity index is 595. The molecule has 0 spiro atoms. The van der Waals surface area contributed by atoms with Gasteiger partial charge in [0.2, 0.25) is 0 Å². The first-order chi connectivity index (χ1) is 11.8. The number of alkyl halides is 3. The highest BCUT2D eigenvalue weighted by Gasteiger charge is 2.36. The molecule has 1 saturated heterocycles. The fraction of sp³-hybridized carbons (Fsp3) is 0.588. The summed E-state index contributed by atoms with van der Waals surface area (Å²) < 4.78 is 38.5. The van der Waals surface area contributed by atoms with Crippen molar-refractivity contribution in [2.24, 2.45) is 11.8 Å². The Hall–Kier alpha value is -1.64. The molecule has 1 aromatic carbocycles. The summed E-state index contributed by atoms with van der Waals surface area (Å²) in [6, 6.07) is 4.39. The highest BCUT2D eigenvalue weighted by molar-refractivity contribution is 5.94. The maximum atomic E-state index is 12.8. The molecule has 0 bridgehead atoms. The van der Waals surface area contributed by atoms with E-state index < -0.39 is 17.6 Å². The number of hydrogen-bond donors (Lipinski definition) is 2. The number of benzene rings is 1. The Kier molecular flexibility index (Phi) is 6.42. The largest absolute Gasteiger partial charge is 0.416 e. The van der Waals surface area contributed by atoms with Crippen molar-refractivity contribution in [3.8, 4) is 0 Å². The minimum absolute atomic E-state index is 0.00382. The summed E-state index contributed by atoms with van der Waals surface area (Å²) in [4.78, 5) is 16.0. The predicted octanol–water partition coefficient (Wildman–Crippen LogP) is 1.31. The average molecular weight is 360 g/mol. The number of amides is 1. The van der Waals surface area contributed by atoms with Crippen LogP contribution in [0.25, 0.3) is 0 Å². The van der Waals surface area contributed by atoms with Gasteiger partial charge in [0.05, 0.1) is 12.2 Å². The molecule has 8 heteroatoms. The lowest BCUT2D eigenvalue weighted by Crippen LogP contribution is -2.33. The molecule has 1 heterocycles. The number of rotatable bonds is 6. The summed E-state index contributed by atoms with van der Waals surface area (Å²) in [5, 5.41) is 18.5. The lowest BCUT2D eigenvalue weighted by atomic mass is 9.96. The van der Waals surface area contributed by atoms with Crippen molar-refractivity contribution < 1.29 is 28.2 Å². The van der Waals surface area contributed by atoms with Gasteiger partial charge in [-0.3, -0.25) is 4.79 Å². The maximum absolute atomic E-state index is 12.8. The molecule has 1 aliphatic rings. The normalized spacial score (nSPS) is 21.2. The summed E-state index contributed by atoms with van der Waals surface area (Å²) in [5.41, 5.74) is -0.855. The number of halogens is 3. The molecule has 1 aromatic rings. The predicted molar refractivity (Wildman–Crippen MR) is 86.0 cm³/mol. The van der Waals surface area contributed by atoms with Crippen LogP contribution in [0.3, 0.4) is 0 Å². The highest BCUT2D eigenvalue weighted by Crippen LogP contribution is 2.31. The van der Waals surface area contributed by atoms with E-state index in [2.05, 4.69) is 0 Å². The smallest absolute Gasteiger partial charge is 0.396 e. The van der Waals surface area contributed by atoms with Crippen LogP contribution in [-0.2, 0) is 6.18 Å². The fourth-order valence-electron chi connectivity index (χ4n) is 3.19. The van der Waals surface area contributed by atoms with Crippen molar-refractivity contribution in [2.45, 2.75) is 6.18 Å². The molecule has 2 atom stereocenters. The van der Waals surface area contributed by atoms with E-state index in [0.717, 1.165) is 12.1 Å². The second-order valence-corrected chi connectivity index (χ2v) is 6.48. The third kappa shape index (κ3) is 4.93. The van der Waals surface area contributed by atoms with Gasteiger partial charge in [-0.05, 0) is 31.2 Å². The van der Waals surface area contributed by atoms with E-state index in [1.54, 1.807) is 0 Å². The molecule has 5 nitrogen and oxygen atoms in total. The van der Waals surface area contributed by atoms with E-state index in [1.807, 2.05) is 11.9 Å². The summed E-state index contributed by atoms with van der Waals surface area (Å²) in [6.07, 6.45) is -4.50. The Labute approximate surface area is 144 Å². The first-order valence-electron chi connectivity index (χ1n) is 8.13. The van der Waals surface area contributed by atoms with Crippen LogP contribution in [0.1, 0.15) is 15.9 Å². The Morgan fingerprint density at radius 3 is 2.56 bits per heavy atom. The molecule has 0 aliphatic carbocycles. The number of carbonyl (C=O) groups excluding carboxylic acids is 1. The van der Waals surface area contributed by atoms with Gasteiger partial charge in [-0.25, -0.2) is 0 Å². The zero-order valence-corrected chi connectivity index (χ0v) is 14.0. The summed E-state index contributed by atoms with van der Waals surface area (Å²) in [5.74, 6) is -0.580. The van der Waals surface area contributed by atoms with Crippen LogP contribution in [0.5, 0.6) is 0 Å². The van der Waals surface area contributed by atoms with Crippen LogP contribution in [-0.4, -0.2) is 72.4 Å². The fourth-order valence-corrected chi connectivity index (χ4v) is 3.19. The second-order valence-electron chi connectivity index (χ2n) is 6.48. The molecule has 140 valence electrons. The van der Waals surface area contributed by atoms with E-state index >= 15 is 0 Å². The zero-order valence-electron chi connectivity index (χ0n) is 14.0. The molecule has 1 amide bonds.